The molecular weight excluding hydrogens is 288 g/mol. The van der Waals surface area contributed by atoms with Gasteiger partial charge in [0.15, 0.2) is 0 Å². The van der Waals surface area contributed by atoms with E-state index >= 15 is 0 Å². The maximum atomic E-state index is 12.0. The fraction of sp³-hybridized carbons (Fsp3) is 0.389. The second-order valence-corrected chi connectivity index (χ2v) is 5.79. The molecule has 0 saturated carbocycles. The van der Waals surface area contributed by atoms with Crippen molar-refractivity contribution in [2.24, 2.45) is 5.92 Å². The zero-order valence-electron chi connectivity index (χ0n) is 14.0. The van der Waals surface area contributed by atoms with E-state index in [-0.39, 0.29) is 5.91 Å². The highest BCUT2D eigenvalue weighted by atomic mass is 16.1. The lowest BCUT2D eigenvalue weighted by molar-refractivity contribution is 0.0951. The van der Waals surface area contributed by atoms with Crippen LogP contribution in [0.3, 0.4) is 0 Å². The number of aromatic nitrogens is 2. The second-order valence-electron chi connectivity index (χ2n) is 5.79. The molecule has 1 amide bonds. The summed E-state index contributed by atoms with van der Waals surface area (Å²) in [6.45, 7) is 7.73. The normalized spacial score (nSPS) is 10.6. The standard InChI is InChI=1S/C18H24N4O/c1-4-22(16-8-6-5-7-9-16)18-20-12-15(13-21-18)17(23)19-11-10-14(2)3/h5-9,12-14H,4,10-11H2,1-3H3,(H,19,23). The van der Waals surface area contributed by atoms with Gasteiger partial charge in [0, 0.05) is 31.2 Å². The molecule has 23 heavy (non-hydrogen) atoms. The number of benzene rings is 1. The number of carbonyl (C=O) groups excluding carboxylic acids is 1. The van der Waals surface area contributed by atoms with Crippen LogP contribution < -0.4 is 10.2 Å². The Morgan fingerprint density at radius 2 is 1.83 bits per heavy atom. The molecular formula is C18H24N4O. The predicted molar refractivity (Wildman–Crippen MR) is 92.9 cm³/mol. The fourth-order valence-electron chi connectivity index (χ4n) is 2.20. The van der Waals surface area contributed by atoms with Crippen LogP contribution in [0.5, 0.6) is 0 Å². The van der Waals surface area contributed by atoms with E-state index in [0.29, 0.717) is 24.0 Å². The number of hydrogen-bond donors (Lipinski definition) is 1. The fourth-order valence-corrected chi connectivity index (χ4v) is 2.20. The van der Waals surface area contributed by atoms with Crippen LogP contribution in [-0.4, -0.2) is 29.0 Å². The van der Waals surface area contributed by atoms with Gasteiger partial charge in [-0.15, -0.1) is 0 Å². The van der Waals surface area contributed by atoms with E-state index in [4.69, 9.17) is 0 Å². The Balaban J connectivity index is 2.05. The summed E-state index contributed by atoms with van der Waals surface area (Å²) in [6.07, 6.45) is 4.12. The lowest BCUT2D eigenvalue weighted by atomic mass is 10.1. The molecule has 2 aromatic rings. The van der Waals surface area contributed by atoms with Gasteiger partial charge in [0.1, 0.15) is 0 Å². The minimum atomic E-state index is -0.125. The maximum Gasteiger partial charge on any atom is 0.254 e. The highest BCUT2D eigenvalue weighted by molar-refractivity contribution is 5.93. The molecule has 0 aliphatic carbocycles. The zero-order chi connectivity index (χ0) is 16.7. The lowest BCUT2D eigenvalue weighted by Crippen LogP contribution is -2.26. The third-order valence-corrected chi connectivity index (χ3v) is 3.53. The molecule has 0 bridgehead atoms. The van der Waals surface area contributed by atoms with E-state index in [2.05, 4.69) is 29.1 Å². The summed E-state index contributed by atoms with van der Waals surface area (Å²) in [5.41, 5.74) is 1.52. The summed E-state index contributed by atoms with van der Waals surface area (Å²) in [5, 5.41) is 2.89. The number of anilines is 2. The Hall–Kier alpha value is -2.43. The molecule has 0 radical (unpaired) electrons. The van der Waals surface area contributed by atoms with Crippen molar-refractivity contribution in [3.63, 3.8) is 0 Å². The summed E-state index contributed by atoms with van der Waals surface area (Å²) in [7, 11) is 0. The summed E-state index contributed by atoms with van der Waals surface area (Å²) in [4.78, 5) is 22.7. The Morgan fingerprint density at radius 1 is 1.17 bits per heavy atom. The van der Waals surface area contributed by atoms with Crippen molar-refractivity contribution >= 4 is 17.5 Å². The number of nitrogens with zero attached hydrogens (tertiary/aromatic N) is 3. The van der Waals surface area contributed by atoms with Gasteiger partial charge < -0.3 is 10.2 Å². The smallest absolute Gasteiger partial charge is 0.254 e. The SMILES string of the molecule is CCN(c1ccccc1)c1ncc(C(=O)NCCC(C)C)cn1. The minimum absolute atomic E-state index is 0.125. The second kappa shape index (κ2) is 8.27. The molecule has 0 aliphatic rings. The average molecular weight is 312 g/mol. The zero-order valence-corrected chi connectivity index (χ0v) is 14.0. The van der Waals surface area contributed by atoms with Crippen molar-refractivity contribution < 1.29 is 4.79 Å². The number of hydrogen-bond acceptors (Lipinski definition) is 4. The molecule has 0 unspecified atom stereocenters. The van der Waals surface area contributed by atoms with Gasteiger partial charge in [-0.2, -0.15) is 0 Å². The van der Waals surface area contributed by atoms with E-state index in [0.717, 1.165) is 18.7 Å². The number of nitrogens with one attached hydrogen (secondary N) is 1. The van der Waals surface area contributed by atoms with Gasteiger partial charge in [-0.05, 0) is 31.4 Å². The summed E-state index contributed by atoms with van der Waals surface area (Å²) in [5.74, 6) is 1.04. The molecule has 0 spiro atoms. The highest BCUT2D eigenvalue weighted by Crippen LogP contribution is 2.20. The lowest BCUT2D eigenvalue weighted by Gasteiger charge is -2.20. The number of amides is 1. The van der Waals surface area contributed by atoms with Crippen molar-refractivity contribution in [3.05, 3.63) is 48.3 Å². The minimum Gasteiger partial charge on any atom is -0.352 e. The highest BCUT2D eigenvalue weighted by Gasteiger charge is 2.12. The van der Waals surface area contributed by atoms with Crippen LogP contribution in [0.4, 0.5) is 11.6 Å². The Morgan fingerprint density at radius 3 is 2.39 bits per heavy atom. The Bertz CT molecular complexity index is 611. The van der Waals surface area contributed by atoms with Crippen LogP contribution >= 0.6 is 0 Å². The predicted octanol–water partition coefficient (Wildman–Crippen LogP) is 3.41. The molecule has 0 saturated heterocycles. The maximum absolute atomic E-state index is 12.0. The summed E-state index contributed by atoms with van der Waals surface area (Å²) >= 11 is 0. The van der Waals surface area contributed by atoms with Gasteiger partial charge in [0.05, 0.1) is 5.56 Å². The Labute approximate surface area is 137 Å². The first-order chi connectivity index (χ1) is 11.1. The van der Waals surface area contributed by atoms with Gasteiger partial charge in [0.2, 0.25) is 5.95 Å². The van der Waals surface area contributed by atoms with Crippen LogP contribution in [0.1, 0.15) is 37.6 Å². The van der Waals surface area contributed by atoms with Crippen LogP contribution in [0, 0.1) is 5.92 Å². The van der Waals surface area contributed by atoms with Crippen molar-refractivity contribution in [2.75, 3.05) is 18.0 Å². The molecule has 0 atom stereocenters. The van der Waals surface area contributed by atoms with Crippen molar-refractivity contribution in [1.82, 2.24) is 15.3 Å². The number of rotatable bonds is 7. The van der Waals surface area contributed by atoms with Crippen LogP contribution in [-0.2, 0) is 0 Å². The van der Waals surface area contributed by atoms with Crippen molar-refractivity contribution in [3.8, 4) is 0 Å². The molecule has 5 heteroatoms. The number of para-hydroxylation sites is 1. The van der Waals surface area contributed by atoms with Gasteiger partial charge in [-0.3, -0.25) is 4.79 Å². The van der Waals surface area contributed by atoms with Gasteiger partial charge in [-0.25, -0.2) is 9.97 Å². The van der Waals surface area contributed by atoms with Crippen molar-refractivity contribution in [1.29, 1.82) is 0 Å². The third kappa shape index (κ3) is 4.77. The van der Waals surface area contributed by atoms with E-state index in [1.54, 1.807) is 12.4 Å². The molecule has 1 heterocycles. The first-order valence-corrected chi connectivity index (χ1v) is 8.04. The topological polar surface area (TPSA) is 58.1 Å². The first-order valence-electron chi connectivity index (χ1n) is 8.04. The molecule has 1 aromatic carbocycles. The van der Waals surface area contributed by atoms with Crippen LogP contribution in [0.15, 0.2) is 42.7 Å². The van der Waals surface area contributed by atoms with Gasteiger partial charge in [0.25, 0.3) is 5.91 Å². The molecule has 0 fully saturated rings. The molecule has 1 N–H and O–H groups in total. The molecule has 122 valence electrons. The largest absolute Gasteiger partial charge is 0.352 e. The quantitative estimate of drug-likeness (QED) is 0.851. The first kappa shape index (κ1) is 16.9. The van der Waals surface area contributed by atoms with Crippen molar-refractivity contribution in [2.45, 2.75) is 27.2 Å². The van der Waals surface area contributed by atoms with Crippen LogP contribution in [0.2, 0.25) is 0 Å². The Kier molecular flexibility index (Phi) is 6.09. The molecule has 1 aromatic heterocycles. The van der Waals surface area contributed by atoms with Gasteiger partial charge >= 0.3 is 0 Å². The summed E-state index contributed by atoms with van der Waals surface area (Å²) in [6, 6.07) is 9.96. The van der Waals surface area contributed by atoms with E-state index in [1.807, 2.05) is 42.2 Å². The summed E-state index contributed by atoms with van der Waals surface area (Å²) < 4.78 is 0. The van der Waals surface area contributed by atoms with Gasteiger partial charge in [-0.1, -0.05) is 32.0 Å². The van der Waals surface area contributed by atoms with E-state index in [9.17, 15) is 4.79 Å². The monoisotopic (exact) mass is 312 g/mol. The number of carbonyl (C=O) groups is 1. The average Bonchev–Trinajstić information content (AvgIpc) is 2.57. The molecule has 0 aliphatic heterocycles. The van der Waals surface area contributed by atoms with E-state index < -0.39 is 0 Å². The van der Waals surface area contributed by atoms with Crippen LogP contribution in [0.25, 0.3) is 0 Å². The third-order valence-electron chi connectivity index (χ3n) is 3.53. The molecule has 2 rings (SSSR count). The van der Waals surface area contributed by atoms with E-state index in [1.165, 1.54) is 0 Å². The molecule has 5 nitrogen and oxygen atoms in total.